The quantitative estimate of drug-likeness (QED) is 0.773. The van der Waals surface area contributed by atoms with Crippen LogP contribution in [0.3, 0.4) is 0 Å². The minimum absolute atomic E-state index is 0.0312. The minimum Gasteiger partial charge on any atom is -0.495 e. The van der Waals surface area contributed by atoms with Gasteiger partial charge in [-0.3, -0.25) is 4.79 Å². The van der Waals surface area contributed by atoms with E-state index in [1.165, 1.54) is 11.3 Å². The van der Waals surface area contributed by atoms with Crippen molar-refractivity contribution in [2.45, 2.75) is 13.8 Å². The highest BCUT2D eigenvalue weighted by atomic mass is 32.1. The van der Waals surface area contributed by atoms with E-state index in [9.17, 15) is 4.79 Å². The summed E-state index contributed by atoms with van der Waals surface area (Å²) in [6.07, 6.45) is 0. The lowest BCUT2D eigenvalue weighted by Gasteiger charge is -2.04. The molecule has 88 valence electrons. The molecule has 0 fully saturated rings. The SMILES string of the molecule is COc1ccsc1C(=O)c1cc(C)cc(C)c1. The lowest BCUT2D eigenvalue weighted by Crippen LogP contribution is -2.01. The van der Waals surface area contributed by atoms with Crippen molar-refractivity contribution in [1.29, 1.82) is 0 Å². The summed E-state index contributed by atoms with van der Waals surface area (Å²) in [5, 5.41) is 1.87. The van der Waals surface area contributed by atoms with E-state index in [0.717, 1.165) is 16.7 Å². The molecule has 2 aromatic rings. The number of methoxy groups -OCH3 is 1. The molecule has 2 nitrogen and oxygen atoms in total. The van der Waals surface area contributed by atoms with E-state index in [1.54, 1.807) is 7.11 Å². The molecule has 0 spiro atoms. The topological polar surface area (TPSA) is 26.3 Å². The van der Waals surface area contributed by atoms with Gasteiger partial charge in [-0.05, 0) is 37.4 Å². The summed E-state index contributed by atoms with van der Waals surface area (Å²) in [6.45, 7) is 3.99. The number of rotatable bonds is 3. The Morgan fingerprint density at radius 1 is 1.18 bits per heavy atom. The molecule has 1 aromatic carbocycles. The zero-order valence-corrected chi connectivity index (χ0v) is 10.9. The molecular weight excluding hydrogens is 232 g/mol. The van der Waals surface area contributed by atoms with Crippen LogP contribution in [-0.4, -0.2) is 12.9 Å². The monoisotopic (exact) mass is 246 g/mol. The van der Waals surface area contributed by atoms with Crippen LogP contribution in [0.1, 0.15) is 26.4 Å². The second kappa shape index (κ2) is 4.72. The van der Waals surface area contributed by atoms with Crippen molar-refractivity contribution < 1.29 is 9.53 Å². The van der Waals surface area contributed by atoms with E-state index in [1.807, 2.05) is 37.4 Å². The molecular formula is C14H14O2S. The molecule has 0 bridgehead atoms. The van der Waals surface area contributed by atoms with Crippen LogP contribution in [0.25, 0.3) is 0 Å². The van der Waals surface area contributed by atoms with Crippen molar-refractivity contribution in [3.05, 3.63) is 51.2 Å². The third kappa shape index (κ3) is 2.39. The van der Waals surface area contributed by atoms with Crippen LogP contribution in [0.5, 0.6) is 5.75 Å². The van der Waals surface area contributed by atoms with E-state index in [4.69, 9.17) is 4.74 Å². The van der Waals surface area contributed by atoms with Crippen molar-refractivity contribution in [2.75, 3.05) is 7.11 Å². The Labute approximate surface area is 105 Å². The Kier molecular flexibility index (Phi) is 3.29. The lowest BCUT2D eigenvalue weighted by atomic mass is 10.0. The third-order valence-corrected chi connectivity index (χ3v) is 3.43. The average Bonchev–Trinajstić information content (AvgIpc) is 2.74. The van der Waals surface area contributed by atoms with Crippen LogP contribution < -0.4 is 4.74 Å². The summed E-state index contributed by atoms with van der Waals surface area (Å²) in [5.74, 6) is 0.683. The Hall–Kier alpha value is -1.61. The standard InChI is InChI=1S/C14H14O2S/c1-9-6-10(2)8-11(7-9)13(15)14-12(16-3)4-5-17-14/h4-8H,1-3H3. The molecule has 0 unspecified atom stereocenters. The first-order valence-corrected chi connectivity index (χ1v) is 6.24. The zero-order chi connectivity index (χ0) is 12.4. The maximum atomic E-state index is 12.3. The van der Waals surface area contributed by atoms with Crippen LogP contribution in [0.4, 0.5) is 0 Å². The molecule has 0 saturated heterocycles. The number of carbonyl (C=O) groups is 1. The summed E-state index contributed by atoms with van der Waals surface area (Å²) in [5.41, 5.74) is 2.93. The maximum Gasteiger partial charge on any atom is 0.206 e. The summed E-state index contributed by atoms with van der Waals surface area (Å²) < 4.78 is 5.18. The Balaban J connectivity index is 2.43. The zero-order valence-electron chi connectivity index (χ0n) is 10.1. The van der Waals surface area contributed by atoms with E-state index in [-0.39, 0.29) is 5.78 Å². The highest BCUT2D eigenvalue weighted by Gasteiger charge is 2.16. The first kappa shape index (κ1) is 11.9. The molecule has 0 atom stereocenters. The molecule has 17 heavy (non-hydrogen) atoms. The smallest absolute Gasteiger partial charge is 0.206 e. The number of hydrogen-bond acceptors (Lipinski definition) is 3. The van der Waals surface area contributed by atoms with Crippen LogP contribution in [0, 0.1) is 13.8 Å². The molecule has 3 heteroatoms. The van der Waals surface area contributed by atoms with Gasteiger partial charge in [-0.25, -0.2) is 0 Å². The molecule has 1 aromatic heterocycles. The summed E-state index contributed by atoms with van der Waals surface area (Å²) in [7, 11) is 1.58. The molecule has 0 amide bonds. The van der Waals surface area contributed by atoms with Crippen molar-refractivity contribution >= 4 is 17.1 Å². The fourth-order valence-corrected chi connectivity index (χ4v) is 2.68. The normalized spacial score (nSPS) is 10.3. The molecule has 0 aliphatic carbocycles. The summed E-state index contributed by atoms with van der Waals surface area (Å²) in [4.78, 5) is 13.0. The summed E-state index contributed by atoms with van der Waals surface area (Å²) >= 11 is 1.41. The second-order valence-electron chi connectivity index (χ2n) is 4.02. The fourth-order valence-electron chi connectivity index (χ4n) is 1.86. The number of benzene rings is 1. The molecule has 2 rings (SSSR count). The first-order valence-electron chi connectivity index (χ1n) is 5.36. The first-order chi connectivity index (χ1) is 8.11. The second-order valence-corrected chi connectivity index (χ2v) is 4.94. The number of ketones is 1. The Morgan fingerprint density at radius 3 is 2.41 bits per heavy atom. The van der Waals surface area contributed by atoms with Gasteiger partial charge in [0.05, 0.1) is 7.11 Å². The highest BCUT2D eigenvalue weighted by Crippen LogP contribution is 2.27. The van der Waals surface area contributed by atoms with Crippen LogP contribution in [-0.2, 0) is 0 Å². The van der Waals surface area contributed by atoms with E-state index in [0.29, 0.717) is 10.6 Å². The number of carbonyl (C=O) groups excluding carboxylic acids is 1. The molecule has 0 aliphatic heterocycles. The highest BCUT2D eigenvalue weighted by molar-refractivity contribution is 7.12. The molecule has 0 N–H and O–H groups in total. The minimum atomic E-state index is 0.0312. The van der Waals surface area contributed by atoms with Crippen LogP contribution in [0.15, 0.2) is 29.6 Å². The Morgan fingerprint density at radius 2 is 1.82 bits per heavy atom. The van der Waals surface area contributed by atoms with Crippen molar-refractivity contribution in [1.82, 2.24) is 0 Å². The third-order valence-electron chi connectivity index (χ3n) is 2.54. The fraction of sp³-hybridized carbons (Fsp3) is 0.214. The lowest BCUT2D eigenvalue weighted by molar-refractivity contribution is 0.104. The van der Waals surface area contributed by atoms with Gasteiger partial charge in [0.2, 0.25) is 5.78 Å². The van der Waals surface area contributed by atoms with Gasteiger partial charge >= 0.3 is 0 Å². The van der Waals surface area contributed by atoms with Crippen molar-refractivity contribution in [2.24, 2.45) is 0 Å². The van der Waals surface area contributed by atoms with Crippen molar-refractivity contribution in [3.8, 4) is 5.75 Å². The van der Waals surface area contributed by atoms with Gasteiger partial charge in [0.15, 0.2) is 0 Å². The van der Waals surface area contributed by atoms with Gasteiger partial charge in [-0.1, -0.05) is 17.2 Å². The largest absolute Gasteiger partial charge is 0.495 e. The van der Waals surface area contributed by atoms with Gasteiger partial charge in [0, 0.05) is 5.56 Å². The number of hydrogen-bond donors (Lipinski definition) is 0. The molecule has 0 radical (unpaired) electrons. The van der Waals surface area contributed by atoms with Crippen LogP contribution >= 0.6 is 11.3 Å². The average molecular weight is 246 g/mol. The summed E-state index contributed by atoms with van der Waals surface area (Å²) in [6, 6.07) is 7.70. The predicted molar refractivity (Wildman–Crippen MR) is 70.2 cm³/mol. The van der Waals surface area contributed by atoms with Gasteiger partial charge in [-0.2, -0.15) is 0 Å². The van der Waals surface area contributed by atoms with Gasteiger partial charge in [0.25, 0.3) is 0 Å². The van der Waals surface area contributed by atoms with Gasteiger partial charge in [0.1, 0.15) is 10.6 Å². The molecule has 0 saturated carbocycles. The van der Waals surface area contributed by atoms with Gasteiger partial charge < -0.3 is 4.74 Å². The number of aryl methyl sites for hydroxylation is 2. The predicted octanol–water partition coefficient (Wildman–Crippen LogP) is 3.60. The van der Waals surface area contributed by atoms with E-state index < -0.39 is 0 Å². The van der Waals surface area contributed by atoms with E-state index >= 15 is 0 Å². The number of thiophene rings is 1. The van der Waals surface area contributed by atoms with E-state index in [2.05, 4.69) is 6.07 Å². The molecule has 1 heterocycles. The Bertz CT molecular complexity index is 535. The molecule has 0 aliphatic rings. The number of ether oxygens (including phenoxy) is 1. The van der Waals surface area contributed by atoms with Crippen molar-refractivity contribution in [3.63, 3.8) is 0 Å². The van der Waals surface area contributed by atoms with Gasteiger partial charge in [-0.15, -0.1) is 11.3 Å². The maximum absolute atomic E-state index is 12.3. The van der Waals surface area contributed by atoms with Crippen LogP contribution in [0.2, 0.25) is 0 Å².